The number of hydrogen-bond acceptors (Lipinski definition) is 3. The average molecular weight is 372 g/mol. The van der Waals surface area contributed by atoms with Crippen molar-refractivity contribution in [3.63, 3.8) is 0 Å². The van der Waals surface area contributed by atoms with Crippen LogP contribution in [0.25, 0.3) is 16.7 Å². The van der Waals surface area contributed by atoms with E-state index in [9.17, 15) is 4.79 Å². The van der Waals surface area contributed by atoms with Crippen molar-refractivity contribution in [2.45, 2.75) is 32.7 Å². The fraction of sp³-hybridized carbons (Fsp3) is 0.217. The maximum atomic E-state index is 12.8. The van der Waals surface area contributed by atoms with E-state index in [2.05, 4.69) is 31.1 Å². The molecule has 5 heteroatoms. The summed E-state index contributed by atoms with van der Waals surface area (Å²) in [7, 11) is 0. The lowest BCUT2D eigenvalue weighted by molar-refractivity contribution is 0.565. The molecule has 0 saturated heterocycles. The molecular formula is C23H24N4O. The molecular weight excluding hydrogens is 348 g/mol. The van der Waals surface area contributed by atoms with Gasteiger partial charge in [-0.15, -0.1) is 0 Å². The van der Waals surface area contributed by atoms with E-state index in [1.54, 1.807) is 0 Å². The number of aromatic amines is 1. The summed E-state index contributed by atoms with van der Waals surface area (Å²) < 4.78 is 1.83. The number of nitrogens with zero attached hydrogens (tertiary/aromatic N) is 2. The molecule has 0 spiro atoms. The summed E-state index contributed by atoms with van der Waals surface area (Å²) in [4.78, 5) is 15.8. The fourth-order valence-corrected chi connectivity index (χ4v) is 3.31. The van der Waals surface area contributed by atoms with E-state index in [-0.39, 0.29) is 11.0 Å². The monoisotopic (exact) mass is 372 g/mol. The van der Waals surface area contributed by atoms with E-state index in [0.29, 0.717) is 12.1 Å². The zero-order valence-electron chi connectivity index (χ0n) is 16.4. The number of rotatable bonds is 4. The Bertz CT molecular complexity index is 1150. The molecule has 0 saturated carbocycles. The topological polar surface area (TPSA) is 62.7 Å². The number of aromatic nitrogens is 3. The first kappa shape index (κ1) is 18.0. The molecule has 0 atom stereocenters. The molecule has 0 bridgehead atoms. The molecule has 0 unspecified atom stereocenters. The fourth-order valence-electron chi connectivity index (χ4n) is 3.31. The molecule has 4 aromatic rings. The van der Waals surface area contributed by atoms with Crippen LogP contribution >= 0.6 is 0 Å². The van der Waals surface area contributed by atoms with Gasteiger partial charge in [0.2, 0.25) is 0 Å². The standard InChI is InChI=1S/C23H24N4O/c1-23(2,3)20-19-14-16(15-24-17-10-6-4-7-11-17)22(28)25-21(19)27(26-20)18-12-8-5-9-13-18/h4-14,24H,15H2,1-3H3,(H,25,28). The minimum absolute atomic E-state index is 0.103. The smallest absolute Gasteiger partial charge is 0.254 e. The molecule has 5 nitrogen and oxygen atoms in total. The molecule has 2 heterocycles. The molecule has 0 aliphatic carbocycles. The van der Waals surface area contributed by atoms with Crippen LogP contribution in [0.1, 0.15) is 32.0 Å². The van der Waals surface area contributed by atoms with Crippen molar-refractivity contribution < 1.29 is 0 Å². The van der Waals surface area contributed by atoms with Gasteiger partial charge in [-0.25, -0.2) is 4.68 Å². The highest BCUT2D eigenvalue weighted by atomic mass is 16.1. The third-order valence-electron chi connectivity index (χ3n) is 4.73. The third kappa shape index (κ3) is 3.43. The van der Waals surface area contributed by atoms with Crippen LogP contribution < -0.4 is 10.9 Å². The van der Waals surface area contributed by atoms with E-state index >= 15 is 0 Å². The largest absolute Gasteiger partial charge is 0.381 e. The number of pyridine rings is 1. The Labute approximate surface area is 164 Å². The second-order valence-corrected chi connectivity index (χ2v) is 7.95. The van der Waals surface area contributed by atoms with E-state index in [1.807, 2.05) is 71.4 Å². The van der Waals surface area contributed by atoms with Gasteiger partial charge in [0.05, 0.1) is 11.4 Å². The van der Waals surface area contributed by atoms with E-state index in [0.717, 1.165) is 28.1 Å². The highest BCUT2D eigenvalue weighted by molar-refractivity contribution is 5.81. The van der Waals surface area contributed by atoms with Gasteiger partial charge in [-0.3, -0.25) is 4.79 Å². The van der Waals surface area contributed by atoms with Crippen LogP contribution in [0, 0.1) is 0 Å². The predicted molar refractivity (Wildman–Crippen MR) is 114 cm³/mol. The van der Waals surface area contributed by atoms with Gasteiger partial charge in [-0.1, -0.05) is 57.2 Å². The maximum absolute atomic E-state index is 12.8. The Morgan fingerprint density at radius 3 is 2.29 bits per heavy atom. The molecule has 0 aliphatic heterocycles. The third-order valence-corrected chi connectivity index (χ3v) is 4.73. The molecule has 0 fully saturated rings. The van der Waals surface area contributed by atoms with Gasteiger partial charge >= 0.3 is 0 Å². The van der Waals surface area contributed by atoms with Crippen molar-refractivity contribution in [3.05, 3.63) is 88.3 Å². The number of hydrogen-bond donors (Lipinski definition) is 2. The number of fused-ring (bicyclic) bond motifs is 1. The van der Waals surface area contributed by atoms with Crippen molar-refractivity contribution in [2.75, 3.05) is 5.32 Å². The molecule has 0 amide bonds. The van der Waals surface area contributed by atoms with Crippen molar-refractivity contribution in [1.82, 2.24) is 14.8 Å². The second kappa shape index (κ2) is 7.00. The molecule has 0 radical (unpaired) electrons. The van der Waals surface area contributed by atoms with Gasteiger partial charge < -0.3 is 10.3 Å². The van der Waals surface area contributed by atoms with Crippen LogP contribution in [0.2, 0.25) is 0 Å². The van der Waals surface area contributed by atoms with E-state index in [1.165, 1.54) is 0 Å². The highest BCUT2D eigenvalue weighted by Gasteiger charge is 2.24. The Morgan fingerprint density at radius 1 is 1.00 bits per heavy atom. The van der Waals surface area contributed by atoms with Gasteiger partial charge in [0.1, 0.15) is 5.65 Å². The minimum atomic E-state index is -0.152. The van der Waals surface area contributed by atoms with Crippen LogP contribution in [0.3, 0.4) is 0 Å². The zero-order valence-corrected chi connectivity index (χ0v) is 16.4. The minimum Gasteiger partial charge on any atom is -0.381 e. The van der Waals surface area contributed by atoms with Crippen molar-refractivity contribution >= 4 is 16.7 Å². The Morgan fingerprint density at radius 2 is 1.64 bits per heavy atom. The Hall–Kier alpha value is -3.34. The summed E-state index contributed by atoms with van der Waals surface area (Å²) in [5.74, 6) is 0. The molecule has 0 aliphatic rings. The number of nitrogens with one attached hydrogen (secondary N) is 2. The van der Waals surface area contributed by atoms with Gasteiger partial charge in [-0.2, -0.15) is 5.10 Å². The average Bonchev–Trinajstić information content (AvgIpc) is 3.06. The summed E-state index contributed by atoms with van der Waals surface area (Å²) in [6.45, 7) is 6.86. The quantitative estimate of drug-likeness (QED) is 0.549. The lowest BCUT2D eigenvalue weighted by atomic mass is 9.90. The Balaban J connectivity index is 1.82. The predicted octanol–water partition coefficient (Wildman–Crippen LogP) is 4.62. The number of anilines is 1. The molecule has 28 heavy (non-hydrogen) atoms. The summed E-state index contributed by atoms with van der Waals surface area (Å²) in [6.07, 6.45) is 0. The zero-order chi connectivity index (χ0) is 19.7. The van der Waals surface area contributed by atoms with Crippen LogP contribution in [-0.4, -0.2) is 14.8 Å². The van der Waals surface area contributed by atoms with Crippen molar-refractivity contribution in [3.8, 4) is 5.69 Å². The summed E-state index contributed by atoms with van der Waals surface area (Å²) in [6, 6.07) is 21.7. The van der Waals surface area contributed by atoms with Gasteiger partial charge in [0.15, 0.2) is 0 Å². The summed E-state index contributed by atoms with van der Waals surface area (Å²) in [5.41, 5.74) is 4.03. The number of benzene rings is 2. The number of H-pyrrole nitrogens is 1. The van der Waals surface area contributed by atoms with Gasteiger partial charge in [0, 0.05) is 28.6 Å². The van der Waals surface area contributed by atoms with E-state index in [4.69, 9.17) is 5.10 Å². The first-order chi connectivity index (χ1) is 13.4. The van der Waals surface area contributed by atoms with Crippen LogP contribution in [0.4, 0.5) is 5.69 Å². The lowest BCUT2D eigenvalue weighted by Crippen LogP contribution is -2.17. The van der Waals surface area contributed by atoms with Crippen LogP contribution in [0.5, 0.6) is 0 Å². The molecule has 2 N–H and O–H groups in total. The molecule has 2 aromatic heterocycles. The Kier molecular flexibility index (Phi) is 4.51. The van der Waals surface area contributed by atoms with Crippen LogP contribution in [0.15, 0.2) is 71.5 Å². The number of para-hydroxylation sites is 2. The summed E-state index contributed by atoms with van der Waals surface area (Å²) >= 11 is 0. The highest BCUT2D eigenvalue weighted by Crippen LogP contribution is 2.30. The normalized spacial score (nSPS) is 11.7. The van der Waals surface area contributed by atoms with Crippen LogP contribution in [-0.2, 0) is 12.0 Å². The van der Waals surface area contributed by atoms with Gasteiger partial charge in [0.25, 0.3) is 5.56 Å². The van der Waals surface area contributed by atoms with E-state index < -0.39 is 0 Å². The second-order valence-electron chi connectivity index (χ2n) is 7.95. The van der Waals surface area contributed by atoms with Crippen molar-refractivity contribution in [2.24, 2.45) is 0 Å². The molecule has 142 valence electrons. The van der Waals surface area contributed by atoms with Gasteiger partial charge in [-0.05, 0) is 30.3 Å². The SMILES string of the molecule is CC(C)(C)c1nn(-c2ccccc2)c2[nH]c(=O)c(CNc3ccccc3)cc12. The first-order valence-corrected chi connectivity index (χ1v) is 9.43. The molecule has 4 rings (SSSR count). The first-order valence-electron chi connectivity index (χ1n) is 9.43. The van der Waals surface area contributed by atoms with Crippen molar-refractivity contribution in [1.29, 1.82) is 0 Å². The lowest BCUT2D eigenvalue weighted by Gasteiger charge is -2.15. The summed E-state index contributed by atoms with van der Waals surface area (Å²) in [5, 5.41) is 9.15. The maximum Gasteiger partial charge on any atom is 0.254 e. The molecule has 2 aromatic carbocycles.